The maximum atomic E-state index is 11.0. The number of nitrogens with one attached hydrogen (secondary N) is 1. The molecule has 0 aromatic carbocycles. The standard InChI is InChI=1S/C9H12N2O3S/c1-2-14-8(13)4-6-15-9-10-5-3-7(12)11-9/h3,5H,2,4,6H2,1H3,(H,10,11,12). The maximum Gasteiger partial charge on any atom is 0.306 e. The number of hydrogen-bond donors (Lipinski definition) is 1. The van der Waals surface area contributed by atoms with E-state index in [1.54, 1.807) is 6.92 Å². The third-order valence-corrected chi connectivity index (χ3v) is 2.39. The lowest BCUT2D eigenvalue weighted by Gasteiger charge is -2.00. The number of hydrogen-bond acceptors (Lipinski definition) is 5. The smallest absolute Gasteiger partial charge is 0.306 e. The molecule has 5 nitrogen and oxygen atoms in total. The van der Waals surface area contributed by atoms with Gasteiger partial charge in [0.25, 0.3) is 5.56 Å². The number of esters is 1. The molecule has 0 amide bonds. The number of nitrogens with zero attached hydrogens (tertiary/aromatic N) is 1. The molecule has 0 spiro atoms. The normalized spacial score (nSPS) is 9.93. The van der Waals surface area contributed by atoms with Gasteiger partial charge in [-0.05, 0) is 6.92 Å². The van der Waals surface area contributed by atoms with Crippen LogP contribution in [0.2, 0.25) is 0 Å². The summed E-state index contributed by atoms with van der Waals surface area (Å²) < 4.78 is 4.76. The van der Waals surface area contributed by atoms with Gasteiger partial charge in [0.1, 0.15) is 0 Å². The first-order chi connectivity index (χ1) is 7.22. The SMILES string of the molecule is CCOC(=O)CCSc1nccc(=O)[nH]1. The van der Waals surface area contributed by atoms with Crippen molar-refractivity contribution in [3.05, 3.63) is 22.6 Å². The van der Waals surface area contributed by atoms with Crippen LogP contribution in [0.3, 0.4) is 0 Å². The van der Waals surface area contributed by atoms with Gasteiger partial charge in [-0.25, -0.2) is 4.98 Å². The largest absolute Gasteiger partial charge is 0.466 e. The van der Waals surface area contributed by atoms with Crippen molar-refractivity contribution in [1.29, 1.82) is 0 Å². The molecule has 1 aromatic heterocycles. The molecular weight excluding hydrogens is 216 g/mol. The molecule has 0 aliphatic carbocycles. The van der Waals surface area contributed by atoms with E-state index in [9.17, 15) is 9.59 Å². The Morgan fingerprint density at radius 1 is 1.67 bits per heavy atom. The number of carbonyl (C=O) groups excluding carboxylic acids is 1. The van der Waals surface area contributed by atoms with Crippen LogP contribution in [0.1, 0.15) is 13.3 Å². The molecule has 1 heterocycles. The van der Waals surface area contributed by atoms with Crippen LogP contribution in [0.5, 0.6) is 0 Å². The number of ether oxygens (including phenoxy) is 1. The van der Waals surface area contributed by atoms with Gasteiger partial charge in [0.05, 0.1) is 13.0 Å². The van der Waals surface area contributed by atoms with Gasteiger partial charge in [-0.3, -0.25) is 9.59 Å². The van der Waals surface area contributed by atoms with Crippen molar-refractivity contribution in [2.75, 3.05) is 12.4 Å². The third kappa shape index (κ3) is 4.64. The van der Waals surface area contributed by atoms with Crippen molar-refractivity contribution in [3.63, 3.8) is 0 Å². The summed E-state index contributed by atoms with van der Waals surface area (Å²) in [6, 6.07) is 1.34. The van der Waals surface area contributed by atoms with Crippen molar-refractivity contribution in [1.82, 2.24) is 9.97 Å². The van der Waals surface area contributed by atoms with Crippen LogP contribution < -0.4 is 5.56 Å². The third-order valence-electron chi connectivity index (χ3n) is 1.50. The second-order valence-corrected chi connectivity index (χ2v) is 3.73. The lowest BCUT2D eigenvalue weighted by molar-refractivity contribution is -0.142. The van der Waals surface area contributed by atoms with Crippen molar-refractivity contribution >= 4 is 17.7 Å². The number of carbonyl (C=O) groups is 1. The van der Waals surface area contributed by atoms with Crippen LogP contribution in [-0.2, 0) is 9.53 Å². The molecule has 0 bridgehead atoms. The molecule has 0 aliphatic rings. The summed E-state index contributed by atoms with van der Waals surface area (Å²) in [4.78, 5) is 28.4. The van der Waals surface area contributed by atoms with Crippen LogP contribution in [0.25, 0.3) is 0 Å². The van der Waals surface area contributed by atoms with E-state index < -0.39 is 0 Å². The Kier molecular flexibility index (Phi) is 4.89. The number of aromatic amines is 1. The molecule has 0 saturated carbocycles. The molecule has 1 rings (SSSR count). The van der Waals surface area contributed by atoms with Crippen LogP contribution in [-0.4, -0.2) is 28.3 Å². The van der Waals surface area contributed by atoms with Crippen molar-refractivity contribution in [2.45, 2.75) is 18.5 Å². The Morgan fingerprint density at radius 2 is 2.47 bits per heavy atom. The quantitative estimate of drug-likeness (QED) is 0.459. The highest BCUT2D eigenvalue weighted by molar-refractivity contribution is 7.99. The van der Waals surface area contributed by atoms with E-state index in [2.05, 4.69) is 9.97 Å². The Balaban J connectivity index is 2.32. The highest BCUT2D eigenvalue weighted by Gasteiger charge is 2.02. The molecule has 15 heavy (non-hydrogen) atoms. The van der Waals surface area contributed by atoms with E-state index in [0.29, 0.717) is 23.9 Å². The molecule has 0 radical (unpaired) electrons. The minimum atomic E-state index is -0.233. The zero-order valence-electron chi connectivity index (χ0n) is 8.36. The van der Waals surface area contributed by atoms with Gasteiger partial charge in [0, 0.05) is 18.0 Å². The summed E-state index contributed by atoms with van der Waals surface area (Å²) >= 11 is 1.32. The van der Waals surface area contributed by atoms with Gasteiger partial charge in [-0.2, -0.15) is 0 Å². The Bertz CT molecular complexity index is 378. The Morgan fingerprint density at radius 3 is 3.13 bits per heavy atom. The first kappa shape index (κ1) is 11.8. The fraction of sp³-hybridized carbons (Fsp3) is 0.444. The van der Waals surface area contributed by atoms with E-state index in [4.69, 9.17) is 4.74 Å². The average Bonchev–Trinajstić information content (AvgIpc) is 2.18. The summed E-state index contributed by atoms with van der Waals surface area (Å²) in [7, 11) is 0. The number of H-pyrrole nitrogens is 1. The predicted molar refractivity (Wildman–Crippen MR) is 56.8 cm³/mol. The number of rotatable bonds is 5. The second kappa shape index (κ2) is 6.23. The zero-order chi connectivity index (χ0) is 11.1. The fourth-order valence-corrected chi connectivity index (χ4v) is 1.66. The fourth-order valence-electron chi connectivity index (χ4n) is 0.890. The van der Waals surface area contributed by atoms with E-state index in [1.165, 1.54) is 24.0 Å². The van der Waals surface area contributed by atoms with Crippen LogP contribution in [0.15, 0.2) is 22.2 Å². The van der Waals surface area contributed by atoms with E-state index >= 15 is 0 Å². The van der Waals surface area contributed by atoms with Crippen molar-refractivity contribution in [3.8, 4) is 0 Å². The first-order valence-electron chi connectivity index (χ1n) is 4.56. The summed E-state index contributed by atoms with van der Waals surface area (Å²) in [5.41, 5.74) is -0.191. The molecule has 0 fully saturated rings. The van der Waals surface area contributed by atoms with Crippen molar-refractivity contribution in [2.24, 2.45) is 0 Å². The lowest BCUT2D eigenvalue weighted by atomic mass is 10.5. The highest BCUT2D eigenvalue weighted by Crippen LogP contribution is 2.11. The topological polar surface area (TPSA) is 72.0 Å². The molecule has 0 atom stereocenters. The van der Waals surface area contributed by atoms with E-state index in [-0.39, 0.29) is 11.5 Å². The molecule has 0 aliphatic heterocycles. The van der Waals surface area contributed by atoms with Gasteiger partial charge < -0.3 is 9.72 Å². The van der Waals surface area contributed by atoms with Crippen molar-refractivity contribution < 1.29 is 9.53 Å². The minimum absolute atomic E-state index is 0.191. The molecule has 0 unspecified atom stereocenters. The highest BCUT2D eigenvalue weighted by atomic mass is 32.2. The summed E-state index contributed by atoms with van der Waals surface area (Å²) in [6.45, 7) is 2.16. The molecule has 1 aromatic rings. The van der Waals surface area contributed by atoms with Gasteiger partial charge in [0.2, 0.25) is 0 Å². The van der Waals surface area contributed by atoms with Gasteiger partial charge >= 0.3 is 5.97 Å². The van der Waals surface area contributed by atoms with E-state index in [1.807, 2.05) is 0 Å². The maximum absolute atomic E-state index is 11.0. The van der Waals surface area contributed by atoms with Gasteiger partial charge in [-0.1, -0.05) is 11.8 Å². The monoisotopic (exact) mass is 228 g/mol. The molecule has 0 saturated heterocycles. The predicted octanol–water partition coefficient (Wildman–Crippen LogP) is 0.815. The molecule has 82 valence electrons. The van der Waals surface area contributed by atoms with Gasteiger partial charge in [0.15, 0.2) is 5.16 Å². The van der Waals surface area contributed by atoms with Gasteiger partial charge in [-0.15, -0.1) is 0 Å². The Labute approximate surface area is 91.3 Å². The first-order valence-corrected chi connectivity index (χ1v) is 5.54. The Hall–Kier alpha value is -1.30. The average molecular weight is 228 g/mol. The molecular formula is C9H12N2O3S. The summed E-state index contributed by atoms with van der Waals surface area (Å²) in [5, 5.41) is 0.520. The van der Waals surface area contributed by atoms with Crippen LogP contribution in [0, 0.1) is 0 Å². The molecule has 1 N–H and O–H groups in total. The summed E-state index contributed by atoms with van der Waals surface area (Å²) in [6.07, 6.45) is 1.75. The number of aromatic nitrogens is 2. The minimum Gasteiger partial charge on any atom is -0.466 e. The second-order valence-electron chi connectivity index (χ2n) is 2.64. The lowest BCUT2D eigenvalue weighted by Crippen LogP contribution is -2.07. The number of thioether (sulfide) groups is 1. The zero-order valence-corrected chi connectivity index (χ0v) is 9.17. The van der Waals surface area contributed by atoms with Crippen LogP contribution in [0.4, 0.5) is 0 Å². The van der Waals surface area contributed by atoms with Crippen LogP contribution >= 0.6 is 11.8 Å². The summed E-state index contributed by atoms with van der Waals surface area (Å²) in [5.74, 6) is 0.314. The van der Waals surface area contributed by atoms with E-state index in [0.717, 1.165) is 0 Å². The molecule has 6 heteroatoms.